The Labute approximate surface area is 178 Å². The van der Waals surface area contributed by atoms with Gasteiger partial charge in [0.15, 0.2) is 17.2 Å². The number of benzene rings is 2. The molecule has 6 nitrogen and oxygen atoms in total. The predicted octanol–water partition coefficient (Wildman–Crippen LogP) is 4.69. The Morgan fingerprint density at radius 2 is 1.77 bits per heavy atom. The van der Waals surface area contributed by atoms with E-state index in [9.17, 15) is 4.79 Å². The molecular formula is C23H19NO5S. The molecule has 0 unspecified atom stereocenters. The van der Waals surface area contributed by atoms with Crippen molar-refractivity contribution < 1.29 is 23.7 Å². The summed E-state index contributed by atoms with van der Waals surface area (Å²) < 4.78 is 22.2. The lowest BCUT2D eigenvalue weighted by Gasteiger charge is -2.15. The van der Waals surface area contributed by atoms with Gasteiger partial charge in [0, 0.05) is 0 Å². The van der Waals surface area contributed by atoms with Crippen molar-refractivity contribution in [1.29, 1.82) is 0 Å². The van der Waals surface area contributed by atoms with Crippen LogP contribution in [0.3, 0.4) is 0 Å². The Hall–Kier alpha value is -3.58. The number of hydrogen-bond acceptors (Lipinski definition) is 7. The summed E-state index contributed by atoms with van der Waals surface area (Å²) in [5.74, 6) is 1.28. The number of hydrogen-bond donors (Lipinski definition) is 0. The smallest absolute Gasteiger partial charge is 0.363 e. The minimum absolute atomic E-state index is 0.209. The Balaban J connectivity index is 1.63. The second kappa shape index (κ2) is 8.84. The topological polar surface area (TPSA) is 66.4 Å². The van der Waals surface area contributed by atoms with Crippen molar-refractivity contribution in [2.45, 2.75) is 6.61 Å². The van der Waals surface area contributed by atoms with E-state index in [1.807, 2.05) is 47.8 Å². The SMILES string of the molecule is COc1cc(/C=C2\N=C(c3cccs3)OC2=O)cc(OC)c1OCc1ccccc1. The van der Waals surface area contributed by atoms with Crippen molar-refractivity contribution in [2.75, 3.05) is 14.2 Å². The normalized spacial score (nSPS) is 14.4. The van der Waals surface area contributed by atoms with Crippen LogP contribution in [-0.4, -0.2) is 26.1 Å². The fourth-order valence-electron chi connectivity index (χ4n) is 2.93. The first-order valence-corrected chi connectivity index (χ1v) is 10.0. The molecule has 4 rings (SSSR count). The minimum atomic E-state index is -0.499. The van der Waals surface area contributed by atoms with Gasteiger partial charge in [0.05, 0.1) is 19.1 Å². The third-order valence-corrected chi connectivity index (χ3v) is 5.22. The first-order valence-electron chi connectivity index (χ1n) is 9.17. The number of cyclic esters (lactones) is 1. The average molecular weight is 421 g/mol. The maximum absolute atomic E-state index is 12.2. The molecule has 0 aliphatic carbocycles. The fourth-order valence-corrected chi connectivity index (χ4v) is 3.58. The van der Waals surface area contributed by atoms with Crippen LogP contribution in [0.15, 0.2) is 70.7 Å². The minimum Gasteiger partial charge on any atom is -0.493 e. The molecule has 0 bridgehead atoms. The van der Waals surface area contributed by atoms with E-state index in [0.29, 0.717) is 35.3 Å². The van der Waals surface area contributed by atoms with Gasteiger partial charge < -0.3 is 18.9 Å². The van der Waals surface area contributed by atoms with Gasteiger partial charge >= 0.3 is 5.97 Å². The molecule has 0 radical (unpaired) electrons. The van der Waals surface area contributed by atoms with E-state index < -0.39 is 5.97 Å². The summed E-state index contributed by atoms with van der Waals surface area (Å²) in [5.41, 5.74) is 1.91. The summed E-state index contributed by atoms with van der Waals surface area (Å²) >= 11 is 1.46. The van der Waals surface area contributed by atoms with Crippen LogP contribution in [0, 0.1) is 0 Å². The molecule has 2 aromatic carbocycles. The van der Waals surface area contributed by atoms with Crippen molar-refractivity contribution in [3.05, 3.63) is 81.7 Å². The number of nitrogens with zero attached hydrogens (tertiary/aromatic N) is 1. The first kappa shape index (κ1) is 19.7. The second-order valence-electron chi connectivity index (χ2n) is 6.34. The summed E-state index contributed by atoms with van der Waals surface area (Å²) in [4.78, 5) is 17.3. The molecule has 0 amide bonds. The van der Waals surface area contributed by atoms with Gasteiger partial charge in [-0.3, -0.25) is 0 Å². The monoisotopic (exact) mass is 421 g/mol. The molecule has 0 N–H and O–H groups in total. The van der Waals surface area contributed by atoms with Crippen molar-refractivity contribution in [3.63, 3.8) is 0 Å². The molecule has 0 saturated heterocycles. The van der Waals surface area contributed by atoms with Crippen LogP contribution in [0.4, 0.5) is 0 Å². The van der Waals surface area contributed by atoms with Gasteiger partial charge in [-0.25, -0.2) is 9.79 Å². The van der Waals surface area contributed by atoms with Gasteiger partial charge in [-0.1, -0.05) is 36.4 Å². The standard InChI is InChI=1S/C23H19NO5S/c1-26-18-12-16(11-17-23(25)29-22(24-17)20-9-6-10-30-20)13-19(27-2)21(18)28-14-15-7-4-3-5-8-15/h3-13H,14H2,1-2H3/b17-11-. The van der Waals surface area contributed by atoms with Crippen LogP contribution in [0.2, 0.25) is 0 Å². The van der Waals surface area contributed by atoms with E-state index in [4.69, 9.17) is 18.9 Å². The number of ether oxygens (including phenoxy) is 4. The first-order chi connectivity index (χ1) is 14.7. The zero-order chi connectivity index (χ0) is 20.9. The van der Waals surface area contributed by atoms with Crippen LogP contribution < -0.4 is 14.2 Å². The molecular weight excluding hydrogens is 402 g/mol. The number of thiophene rings is 1. The van der Waals surface area contributed by atoms with Crippen molar-refractivity contribution >= 4 is 29.3 Å². The van der Waals surface area contributed by atoms with Gasteiger partial charge in [-0.05, 0) is 40.8 Å². The highest BCUT2D eigenvalue weighted by atomic mass is 32.1. The summed E-state index contributed by atoms with van der Waals surface area (Å²) in [6.07, 6.45) is 1.63. The van der Waals surface area contributed by atoms with Crippen LogP contribution in [-0.2, 0) is 16.1 Å². The molecule has 1 aliphatic rings. The second-order valence-corrected chi connectivity index (χ2v) is 7.29. The maximum atomic E-state index is 12.2. The Bertz CT molecular complexity index is 1080. The van der Waals surface area contributed by atoms with E-state index in [1.165, 1.54) is 11.3 Å². The third kappa shape index (κ3) is 4.21. The molecule has 2 heterocycles. The summed E-state index contributed by atoms with van der Waals surface area (Å²) in [5, 5.41) is 1.90. The molecule has 7 heteroatoms. The van der Waals surface area contributed by atoms with E-state index >= 15 is 0 Å². The number of methoxy groups -OCH3 is 2. The molecule has 30 heavy (non-hydrogen) atoms. The van der Waals surface area contributed by atoms with Crippen LogP contribution in [0.5, 0.6) is 17.2 Å². The zero-order valence-corrected chi connectivity index (χ0v) is 17.3. The fraction of sp³-hybridized carbons (Fsp3) is 0.130. The number of esters is 1. The zero-order valence-electron chi connectivity index (χ0n) is 16.5. The highest BCUT2D eigenvalue weighted by molar-refractivity contribution is 7.12. The highest BCUT2D eigenvalue weighted by Gasteiger charge is 2.25. The Kier molecular flexibility index (Phi) is 5.81. The molecule has 0 atom stereocenters. The molecule has 3 aromatic rings. The summed E-state index contributed by atoms with van der Waals surface area (Å²) in [6, 6.07) is 17.1. The van der Waals surface area contributed by atoms with E-state index in [1.54, 1.807) is 32.4 Å². The quantitative estimate of drug-likeness (QED) is 0.409. The van der Waals surface area contributed by atoms with Crippen LogP contribution in [0.25, 0.3) is 6.08 Å². The van der Waals surface area contributed by atoms with Crippen molar-refractivity contribution in [1.82, 2.24) is 0 Å². The number of carbonyl (C=O) groups is 1. The molecule has 1 aromatic heterocycles. The van der Waals surface area contributed by atoms with Gasteiger partial charge in [0.25, 0.3) is 0 Å². The maximum Gasteiger partial charge on any atom is 0.363 e. The van der Waals surface area contributed by atoms with Crippen molar-refractivity contribution in [2.24, 2.45) is 4.99 Å². The predicted molar refractivity (Wildman–Crippen MR) is 115 cm³/mol. The van der Waals surface area contributed by atoms with Crippen molar-refractivity contribution in [3.8, 4) is 17.2 Å². The van der Waals surface area contributed by atoms with Gasteiger partial charge in [0.1, 0.15) is 6.61 Å². The Morgan fingerprint density at radius 3 is 2.40 bits per heavy atom. The lowest BCUT2D eigenvalue weighted by Crippen LogP contribution is -2.03. The average Bonchev–Trinajstić information content (AvgIpc) is 3.43. The molecule has 152 valence electrons. The number of carbonyl (C=O) groups excluding carboxylic acids is 1. The lowest BCUT2D eigenvalue weighted by molar-refractivity contribution is -0.129. The molecule has 0 fully saturated rings. The van der Waals surface area contributed by atoms with E-state index in [2.05, 4.69) is 4.99 Å². The molecule has 0 saturated carbocycles. The van der Waals surface area contributed by atoms with E-state index in [-0.39, 0.29) is 5.70 Å². The number of aliphatic imine (C=N–C) groups is 1. The van der Waals surface area contributed by atoms with Crippen LogP contribution in [0.1, 0.15) is 16.0 Å². The molecule has 0 spiro atoms. The van der Waals surface area contributed by atoms with Crippen LogP contribution >= 0.6 is 11.3 Å². The Morgan fingerprint density at radius 1 is 1.03 bits per heavy atom. The third-order valence-electron chi connectivity index (χ3n) is 4.36. The lowest BCUT2D eigenvalue weighted by atomic mass is 10.1. The van der Waals surface area contributed by atoms with E-state index in [0.717, 1.165) is 10.4 Å². The largest absolute Gasteiger partial charge is 0.493 e. The summed E-state index contributed by atoms with van der Waals surface area (Å²) in [7, 11) is 3.11. The number of rotatable bonds is 7. The van der Waals surface area contributed by atoms with Gasteiger partial charge in [-0.2, -0.15) is 0 Å². The van der Waals surface area contributed by atoms with Gasteiger partial charge in [-0.15, -0.1) is 11.3 Å². The summed E-state index contributed by atoms with van der Waals surface area (Å²) in [6.45, 7) is 0.370. The van der Waals surface area contributed by atoms with Gasteiger partial charge in [0.2, 0.25) is 11.6 Å². The molecule has 1 aliphatic heterocycles. The highest BCUT2D eigenvalue weighted by Crippen LogP contribution is 2.40.